The largest absolute Gasteiger partial charge is 0.456 e. The van der Waals surface area contributed by atoms with Crippen LogP contribution in [0.5, 0.6) is 0 Å². The van der Waals surface area contributed by atoms with E-state index in [1.54, 1.807) is 0 Å². The monoisotopic (exact) mass is 676 g/mol. The third-order valence-electron chi connectivity index (χ3n) is 10.7. The van der Waals surface area contributed by atoms with E-state index in [0.29, 0.717) is 0 Å². The van der Waals surface area contributed by atoms with Gasteiger partial charge in [0.05, 0.1) is 11.0 Å². The van der Waals surface area contributed by atoms with Crippen molar-refractivity contribution in [1.29, 1.82) is 0 Å². The van der Waals surface area contributed by atoms with Gasteiger partial charge in [-0.2, -0.15) is 0 Å². The van der Waals surface area contributed by atoms with Gasteiger partial charge in [0.2, 0.25) is 0 Å². The number of benzene rings is 9. The third kappa shape index (κ3) is 4.68. The first kappa shape index (κ1) is 29.6. The van der Waals surface area contributed by atoms with Gasteiger partial charge < -0.3 is 13.9 Å². The number of nitrogens with zero attached hydrogens (tertiary/aromatic N) is 2. The predicted octanol–water partition coefficient (Wildman–Crippen LogP) is 14.1. The Labute approximate surface area is 306 Å². The summed E-state index contributed by atoms with van der Waals surface area (Å²) in [6.45, 7) is 0. The summed E-state index contributed by atoms with van der Waals surface area (Å²) in [7, 11) is 0. The highest BCUT2D eigenvalue weighted by atomic mass is 16.3. The SMILES string of the molecule is c1ccc(N(c2ccccc2)c2ccc(-c3cc4cc5c(cc4c4cc6c(cc34)oc3ccccc36)c3ccccc3n5-c3ccccc3)cc2)cc1. The van der Waals surface area contributed by atoms with Gasteiger partial charge in [0, 0.05) is 44.3 Å². The molecule has 0 spiro atoms. The standard InChI is InChI=1S/C50H32N2O/c1-4-14-35(15-5-1)51(36-16-6-2-7-17-36)38-26-24-33(25-27-38)41-28-34-29-48-45(39-20-10-12-22-47(39)52(48)37-18-8-3-9-19-37)30-42(34)43-31-46-40-21-11-13-23-49(40)53-50(46)32-44(41)43/h1-32H. The average molecular weight is 677 g/mol. The molecule has 0 radical (unpaired) electrons. The molecular weight excluding hydrogens is 645 g/mol. The Balaban J connectivity index is 1.19. The van der Waals surface area contributed by atoms with Crippen LogP contribution in [0.4, 0.5) is 17.1 Å². The Kier molecular flexibility index (Phi) is 6.55. The quantitative estimate of drug-likeness (QED) is 0.169. The lowest BCUT2D eigenvalue weighted by Crippen LogP contribution is -2.09. The normalized spacial score (nSPS) is 11.8. The van der Waals surface area contributed by atoms with Crippen LogP contribution in [-0.2, 0) is 0 Å². The highest BCUT2D eigenvalue weighted by Crippen LogP contribution is 2.44. The maximum atomic E-state index is 6.48. The molecule has 0 aliphatic rings. The van der Waals surface area contributed by atoms with E-state index in [2.05, 4.69) is 198 Å². The number of rotatable bonds is 5. The van der Waals surface area contributed by atoms with Crippen molar-refractivity contribution >= 4 is 82.4 Å². The molecular formula is C50H32N2O. The molecule has 0 atom stereocenters. The molecule has 53 heavy (non-hydrogen) atoms. The second-order valence-corrected chi connectivity index (χ2v) is 13.7. The van der Waals surface area contributed by atoms with Crippen molar-refractivity contribution in [3.63, 3.8) is 0 Å². The van der Waals surface area contributed by atoms with Gasteiger partial charge >= 0.3 is 0 Å². The van der Waals surface area contributed by atoms with Gasteiger partial charge in [-0.3, -0.25) is 0 Å². The van der Waals surface area contributed by atoms with E-state index in [9.17, 15) is 0 Å². The molecule has 3 heteroatoms. The highest BCUT2D eigenvalue weighted by Gasteiger charge is 2.19. The number of aromatic nitrogens is 1. The molecule has 2 heterocycles. The summed E-state index contributed by atoms with van der Waals surface area (Å²) >= 11 is 0. The van der Waals surface area contributed by atoms with Crippen molar-refractivity contribution < 1.29 is 4.42 Å². The summed E-state index contributed by atoms with van der Waals surface area (Å²) < 4.78 is 8.88. The molecule has 0 fully saturated rings. The topological polar surface area (TPSA) is 21.3 Å². The average Bonchev–Trinajstić information content (AvgIpc) is 3.75. The van der Waals surface area contributed by atoms with E-state index in [1.165, 1.54) is 48.9 Å². The molecule has 0 N–H and O–H groups in total. The van der Waals surface area contributed by atoms with E-state index in [4.69, 9.17) is 4.42 Å². The zero-order chi connectivity index (χ0) is 34.9. The molecule has 0 amide bonds. The van der Waals surface area contributed by atoms with E-state index < -0.39 is 0 Å². The van der Waals surface area contributed by atoms with Crippen LogP contribution in [0.3, 0.4) is 0 Å². The third-order valence-corrected chi connectivity index (χ3v) is 10.7. The summed E-state index contributed by atoms with van der Waals surface area (Å²) in [5.41, 5.74) is 11.0. The smallest absolute Gasteiger partial charge is 0.136 e. The van der Waals surface area contributed by atoms with E-state index in [0.717, 1.165) is 50.3 Å². The molecule has 3 nitrogen and oxygen atoms in total. The summed E-state index contributed by atoms with van der Waals surface area (Å²) in [5.74, 6) is 0. The lowest BCUT2D eigenvalue weighted by Gasteiger charge is -2.25. The molecule has 11 aromatic rings. The summed E-state index contributed by atoms with van der Waals surface area (Å²) in [5, 5.41) is 9.58. The maximum absolute atomic E-state index is 6.48. The Morgan fingerprint density at radius 1 is 0.358 bits per heavy atom. The summed E-state index contributed by atoms with van der Waals surface area (Å²) in [6, 6.07) is 69.7. The van der Waals surface area contributed by atoms with Gasteiger partial charge in [-0.25, -0.2) is 0 Å². The van der Waals surface area contributed by atoms with Crippen LogP contribution in [0.1, 0.15) is 0 Å². The first-order chi connectivity index (χ1) is 26.3. The zero-order valence-electron chi connectivity index (χ0n) is 28.8. The minimum absolute atomic E-state index is 0.900. The number of furan rings is 1. The van der Waals surface area contributed by atoms with Crippen LogP contribution in [0.2, 0.25) is 0 Å². The first-order valence-electron chi connectivity index (χ1n) is 18.1. The molecule has 0 saturated carbocycles. The van der Waals surface area contributed by atoms with Crippen molar-refractivity contribution in [1.82, 2.24) is 4.57 Å². The Morgan fingerprint density at radius 2 is 0.962 bits per heavy atom. The first-order valence-corrected chi connectivity index (χ1v) is 18.1. The van der Waals surface area contributed by atoms with Crippen LogP contribution in [0, 0.1) is 0 Å². The van der Waals surface area contributed by atoms with E-state index in [1.807, 2.05) is 6.07 Å². The molecule has 11 rings (SSSR count). The molecule has 0 unspecified atom stereocenters. The van der Waals surface area contributed by atoms with E-state index in [-0.39, 0.29) is 0 Å². The molecule has 248 valence electrons. The van der Waals surface area contributed by atoms with Crippen LogP contribution in [-0.4, -0.2) is 4.57 Å². The fourth-order valence-corrected chi connectivity index (χ4v) is 8.32. The minimum Gasteiger partial charge on any atom is -0.456 e. The van der Waals surface area contributed by atoms with Crippen molar-refractivity contribution in [2.45, 2.75) is 0 Å². The molecule has 0 bridgehead atoms. The molecule has 0 saturated heterocycles. The van der Waals surface area contributed by atoms with Gasteiger partial charge in [0.25, 0.3) is 0 Å². The predicted molar refractivity (Wildman–Crippen MR) is 223 cm³/mol. The van der Waals surface area contributed by atoms with Crippen molar-refractivity contribution in [3.8, 4) is 16.8 Å². The number of para-hydroxylation sites is 5. The maximum Gasteiger partial charge on any atom is 0.136 e. The lowest BCUT2D eigenvalue weighted by atomic mass is 9.91. The fraction of sp³-hybridized carbons (Fsp3) is 0. The number of anilines is 3. The second-order valence-electron chi connectivity index (χ2n) is 13.7. The Morgan fingerprint density at radius 3 is 1.70 bits per heavy atom. The van der Waals surface area contributed by atoms with Crippen molar-refractivity contribution in [2.24, 2.45) is 0 Å². The Bertz CT molecular complexity index is 3100. The van der Waals surface area contributed by atoms with E-state index >= 15 is 0 Å². The van der Waals surface area contributed by atoms with Crippen molar-refractivity contribution in [2.75, 3.05) is 4.90 Å². The number of fused-ring (bicyclic) bond motifs is 9. The number of hydrogen-bond donors (Lipinski definition) is 0. The second kappa shape index (κ2) is 11.7. The van der Waals surface area contributed by atoms with Crippen LogP contribution in [0.15, 0.2) is 199 Å². The summed E-state index contributed by atoms with van der Waals surface area (Å²) in [6.07, 6.45) is 0. The van der Waals surface area contributed by atoms with Gasteiger partial charge in [0.15, 0.2) is 0 Å². The van der Waals surface area contributed by atoms with Crippen LogP contribution < -0.4 is 4.90 Å². The summed E-state index contributed by atoms with van der Waals surface area (Å²) in [4.78, 5) is 2.30. The zero-order valence-corrected chi connectivity index (χ0v) is 28.8. The minimum atomic E-state index is 0.900. The van der Waals surface area contributed by atoms with Crippen molar-refractivity contribution in [3.05, 3.63) is 194 Å². The van der Waals surface area contributed by atoms with Crippen LogP contribution >= 0.6 is 0 Å². The fourth-order valence-electron chi connectivity index (χ4n) is 8.32. The van der Waals surface area contributed by atoms with Gasteiger partial charge in [0.1, 0.15) is 11.2 Å². The van der Waals surface area contributed by atoms with Gasteiger partial charge in [-0.15, -0.1) is 0 Å². The lowest BCUT2D eigenvalue weighted by molar-refractivity contribution is 0.669. The molecule has 2 aromatic heterocycles. The van der Waals surface area contributed by atoms with Gasteiger partial charge in [-0.1, -0.05) is 103 Å². The molecule has 9 aromatic carbocycles. The van der Waals surface area contributed by atoms with Gasteiger partial charge in [-0.05, 0) is 124 Å². The number of hydrogen-bond acceptors (Lipinski definition) is 2. The Hall–Kier alpha value is -7.10. The molecule has 0 aliphatic heterocycles. The van der Waals surface area contributed by atoms with Crippen LogP contribution in [0.25, 0.3) is 82.1 Å². The highest BCUT2D eigenvalue weighted by molar-refractivity contribution is 6.24. The molecule has 0 aliphatic carbocycles.